The molecule has 0 aromatic heterocycles. The zero-order chi connectivity index (χ0) is 14.8. The molecule has 0 heterocycles. The van der Waals surface area contributed by atoms with E-state index in [1.807, 2.05) is 30.3 Å². The van der Waals surface area contributed by atoms with Gasteiger partial charge in [-0.2, -0.15) is 0 Å². The van der Waals surface area contributed by atoms with E-state index in [4.69, 9.17) is 4.74 Å². The molecule has 0 unspecified atom stereocenters. The van der Waals surface area contributed by atoms with E-state index < -0.39 is 0 Å². The standard InChI is InChI=1S/C17H18BrFO/c1-17(2,3)14-6-4-5-7-16(14)20-11-12-8-9-13(18)10-15(12)19/h4-10H,11H2,1-3H3. The van der Waals surface area contributed by atoms with Gasteiger partial charge in [0.2, 0.25) is 0 Å². The molecule has 1 nitrogen and oxygen atoms in total. The van der Waals surface area contributed by atoms with Crippen molar-refractivity contribution in [3.05, 3.63) is 63.9 Å². The average Bonchev–Trinajstić information content (AvgIpc) is 2.37. The lowest BCUT2D eigenvalue weighted by atomic mass is 9.86. The molecule has 0 radical (unpaired) electrons. The lowest BCUT2D eigenvalue weighted by Crippen LogP contribution is -2.13. The van der Waals surface area contributed by atoms with Crippen molar-refractivity contribution in [3.63, 3.8) is 0 Å². The van der Waals surface area contributed by atoms with E-state index in [2.05, 4.69) is 36.7 Å². The molecule has 106 valence electrons. The number of halogens is 2. The predicted octanol–water partition coefficient (Wildman–Crippen LogP) is 5.46. The fourth-order valence-corrected chi connectivity index (χ4v) is 2.34. The minimum absolute atomic E-state index is 0.00511. The van der Waals surface area contributed by atoms with Gasteiger partial charge >= 0.3 is 0 Å². The van der Waals surface area contributed by atoms with E-state index in [-0.39, 0.29) is 17.8 Å². The highest BCUT2D eigenvalue weighted by Gasteiger charge is 2.18. The second kappa shape index (κ2) is 5.96. The van der Waals surface area contributed by atoms with Gasteiger partial charge in [0.15, 0.2) is 0 Å². The predicted molar refractivity (Wildman–Crippen MR) is 83.6 cm³/mol. The summed E-state index contributed by atoms with van der Waals surface area (Å²) in [7, 11) is 0. The number of ether oxygens (including phenoxy) is 1. The third-order valence-electron chi connectivity index (χ3n) is 3.09. The van der Waals surface area contributed by atoms with E-state index in [9.17, 15) is 4.39 Å². The van der Waals surface area contributed by atoms with Gasteiger partial charge in [-0.25, -0.2) is 4.39 Å². The Morgan fingerprint density at radius 2 is 1.80 bits per heavy atom. The topological polar surface area (TPSA) is 9.23 Å². The summed E-state index contributed by atoms with van der Waals surface area (Å²) in [5.74, 6) is 0.551. The molecule has 3 heteroatoms. The lowest BCUT2D eigenvalue weighted by molar-refractivity contribution is 0.291. The Morgan fingerprint density at radius 3 is 2.45 bits per heavy atom. The average molecular weight is 337 g/mol. The van der Waals surface area contributed by atoms with Crippen LogP contribution in [-0.4, -0.2) is 0 Å². The maximum Gasteiger partial charge on any atom is 0.130 e. The Kier molecular flexibility index (Phi) is 4.48. The van der Waals surface area contributed by atoms with Crippen molar-refractivity contribution in [2.24, 2.45) is 0 Å². The summed E-state index contributed by atoms with van der Waals surface area (Å²) in [6, 6.07) is 12.9. The summed E-state index contributed by atoms with van der Waals surface area (Å²) in [5.41, 5.74) is 1.67. The number of para-hydroxylation sites is 1. The van der Waals surface area contributed by atoms with Gasteiger partial charge in [-0.1, -0.05) is 61.0 Å². The van der Waals surface area contributed by atoms with Crippen molar-refractivity contribution in [2.45, 2.75) is 32.8 Å². The summed E-state index contributed by atoms with van der Waals surface area (Å²) in [6.45, 7) is 6.63. The summed E-state index contributed by atoms with van der Waals surface area (Å²) in [6.07, 6.45) is 0. The zero-order valence-electron chi connectivity index (χ0n) is 11.9. The molecule has 0 amide bonds. The van der Waals surface area contributed by atoms with Gasteiger partial charge in [0.1, 0.15) is 18.2 Å². The van der Waals surface area contributed by atoms with Crippen molar-refractivity contribution in [2.75, 3.05) is 0 Å². The first-order valence-electron chi connectivity index (χ1n) is 6.54. The van der Waals surface area contributed by atoms with Crippen molar-refractivity contribution in [1.29, 1.82) is 0 Å². The van der Waals surface area contributed by atoms with Gasteiger partial charge < -0.3 is 4.74 Å². The molecule has 0 aliphatic heterocycles. The van der Waals surface area contributed by atoms with Crippen LogP contribution in [0.25, 0.3) is 0 Å². The van der Waals surface area contributed by atoms with Crippen molar-refractivity contribution in [3.8, 4) is 5.75 Å². The number of hydrogen-bond acceptors (Lipinski definition) is 1. The molecule has 2 rings (SSSR count). The fourth-order valence-electron chi connectivity index (χ4n) is 2.01. The molecule has 2 aromatic carbocycles. The lowest BCUT2D eigenvalue weighted by Gasteiger charge is -2.22. The second-order valence-corrected chi connectivity index (χ2v) is 6.69. The third-order valence-corrected chi connectivity index (χ3v) is 3.59. The fraction of sp³-hybridized carbons (Fsp3) is 0.294. The third kappa shape index (κ3) is 3.60. The Labute approximate surface area is 127 Å². The zero-order valence-corrected chi connectivity index (χ0v) is 13.5. The van der Waals surface area contributed by atoms with Crippen LogP contribution in [0.4, 0.5) is 4.39 Å². The highest BCUT2D eigenvalue weighted by molar-refractivity contribution is 9.10. The van der Waals surface area contributed by atoms with Gasteiger partial charge in [-0.05, 0) is 29.2 Å². The summed E-state index contributed by atoms with van der Waals surface area (Å²) >= 11 is 3.25. The molecule has 0 saturated carbocycles. The van der Waals surface area contributed by atoms with Crippen molar-refractivity contribution < 1.29 is 9.13 Å². The van der Waals surface area contributed by atoms with E-state index in [0.717, 1.165) is 15.8 Å². The van der Waals surface area contributed by atoms with Crippen LogP contribution in [0.2, 0.25) is 0 Å². The maximum absolute atomic E-state index is 13.8. The Hall–Kier alpha value is -1.35. The molecular weight excluding hydrogens is 319 g/mol. The van der Waals surface area contributed by atoms with E-state index >= 15 is 0 Å². The Balaban J connectivity index is 2.19. The van der Waals surface area contributed by atoms with Gasteiger partial charge in [0.25, 0.3) is 0 Å². The molecular formula is C17H18BrFO. The molecule has 0 aliphatic carbocycles. The first kappa shape index (κ1) is 15.0. The number of benzene rings is 2. The first-order chi connectivity index (χ1) is 9.38. The summed E-state index contributed by atoms with van der Waals surface area (Å²) < 4.78 is 20.3. The molecule has 0 spiro atoms. The van der Waals surface area contributed by atoms with E-state index in [0.29, 0.717) is 5.56 Å². The normalized spacial score (nSPS) is 11.4. The maximum atomic E-state index is 13.8. The minimum atomic E-state index is -0.257. The molecule has 0 aliphatic rings. The first-order valence-corrected chi connectivity index (χ1v) is 7.33. The van der Waals surface area contributed by atoms with Gasteiger partial charge in [-0.3, -0.25) is 0 Å². The number of rotatable bonds is 3. The Bertz CT molecular complexity index is 602. The molecule has 0 saturated heterocycles. The highest BCUT2D eigenvalue weighted by atomic mass is 79.9. The highest BCUT2D eigenvalue weighted by Crippen LogP contribution is 2.31. The van der Waals surface area contributed by atoms with Crippen LogP contribution in [0.3, 0.4) is 0 Å². The van der Waals surface area contributed by atoms with Crippen LogP contribution in [0.1, 0.15) is 31.9 Å². The molecule has 0 N–H and O–H groups in total. The quantitative estimate of drug-likeness (QED) is 0.722. The van der Waals surface area contributed by atoms with Crippen molar-refractivity contribution >= 4 is 15.9 Å². The molecule has 0 bridgehead atoms. The SMILES string of the molecule is CC(C)(C)c1ccccc1OCc1ccc(Br)cc1F. The molecule has 2 aromatic rings. The minimum Gasteiger partial charge on any atom is -0.488 e. The van der Waals surface area contributed by atoms with Crippen LogP contribution in [0, 0.1) is 5.82 Å². The number of hydrogen-bond donors (Lipinski definition) is 0. The van der Waals surface area contributed by atoms with Gasteiger partial charge in [0.05, 0.1) is 0 Å². The van der Waals surface area contributed by atoms with E-state index in [1.54, 1.807) is 6.07 Å². The summed E-state index contributed by atoms with van der Waals surface area (Å²) in [4.78, 5) is 0. The van der Waals surface area contributed by atoms with Crippen LogP contribution in [0.15, 0.2) is 46.9 Å². The van der Waals surface area contributed by atoms with Crippen LogP contribution >= 0.6 is 15.9 Å². The second-order valence-electron chi connectivity index (χ2n) is 5.77. The van der Waals surface area contributed by atoms with E-state index in [1.165, 1.54) is 6.07 Å². The molecule has 20 heavy (non-hydrogen) atoms. The van der Waals surface area contributed by atoms with Crippen LogP contribution in [0.5, 0.6) is 5.75 Å². The smallest absolute Gasteiger partial charge is 0.130 e. The Morgan fingerprint density at radius 1 is 1.10 bits per heavy atom. The van der Waals surface area contributed by atoms with Crippen molar-refractivity contribution in [1.82, 2.24) is 0 Å². The van der Waals surface area contributed by atoms with Crippen LogP contribution in [-0.2, 0) is 12.0 Å². The largest absolute Gasteiger partial charge is 0.488 e. The molecule has 0 atom stereocenters. The monoisotopic (exact) mass is 336 g/mol. The van der Waals surface area contributed by atoms with Gasteiger partial charge in [0, 0.05) is 10.0 Å². The van der Waals surface area contributed by atoms with Gasteiger partial charge in [-0.15, -0.1) is 0 Å². The molecule has 0 fully saturated rings. The summed E-state index contributed by atoms with van der Waals surface area (Å²) in [5, 5.41) is 0. The van der Waals surface area contributed by atoms with Crippen LogP contribution < -0.4 is 4.74 Å².